The average Bonchev–Trinajstić information content (AvgIpc) is 2.88. The third kappa shape index (κ3) is 2.45. The molecular weight excluding hydrogens is 252 g/mol. The van der Waals surface area contributed by atoms with Crippen molar-refractivity contribution in [2.45, 2.75) is 12.5 Å². The molecular formula is C16H16N2O2. The van der Waals surface area contributed by atoms with Crippen molar-refractivity contribution >= 4 is 5.84 Å². The minimum Gasteiger partial charge on any atom is -0.489 e. The number of rotatable bonds is 4. The van der Waals surface area contributed by atoms with Crippen LogP contribution in [0.3, 0.4) is 0 Å². The molecule has 1 unspecified atom stereocenters. The summed E-state index contributed by atoms with van der Waals surface area (Å²) in [5, 5.41) is 7.54. The highest BCUT2D eigenvalue weighted by Gasteiger charge is 2.23. The van der Waals surface area contributed by atoms with Crippen LogP contribution in [0, 0.1) is 5.41 Å². The van der Waals surface area contributed by atoms with Gasteiger partial charge in [0.15, 0.2) is 0 Å². The second kappa shape index (κ2) is 5.25. The zero-order valence-corrected chi connectivity index (χ0v) is 11.0. The third-order valence-electron chi connectivity index (χ3n) is 3.32. The molecule has 0 aliphatic carbocycles. The van der Waals surface area contributed by atoms with Crippen molar-refractivity contribution in [3.8, 4) is 11.5 Å². The number of amidine groups is 1. The topological polar surface area (TPSA) is 68.3 Å². The van der Waals surface area contributed by atoms with Crippen LogP contribution in [0.5, 0.6) is 11.5 Å². The standard InChI is InChI=1S/C16H16N2O2/c17-16(18)13-6-2-4-8-15(13)19-10-12-9-11-5-1-3-7-14(11)20-12/h1-8,12H,9-10H2,(H3,17,18). The Morgan fingerprint density at radius 2 is 1.95 bits per heavy atom. The number of hydrogen-bond donors (Lipinski definition) is 2. The molecule has 0 saturated heterocycles. The van der Waals surface area contributed by atoms with Gasteiger partial charge in [0.05, 0.1) is 5.56 Å². The van der Waals surface area contributed by atoms with E-state index in [4.69, 9.17) is 20.6 Å². The fourth-order valence-electron chi connectivity index (χ4n) is 2.34. The molecule has 0 bridgehead atoms. The Kier molecular flexibility index (Phi) is 3.29. The quantitative estimate of drug-likeness (QED) is 0.660. The SMILES string of the molecule is N=C(N)c1ccccc1OCC1Cc2ccccc2O1. The van der Waals surface area contributed by atoms with E-state index in [-0.39, 0.29) is 11.9 Å². The second-order valence-corrected chi connectivity index (χ2v) is 4.77. The van der Waals surface area contributed by atoms with Gasteiger partial charge in [-0.15, -0.1) is 0 Å². The van der Waals surface area contributed by atoms with E-state index in [1.54, 1.807) is 6.07 Å². The Bertz CT molecular complexity index is 615. The molecule has 2 aromatic carbocycles. The molecule has 0 saturated carbocycles. The summed E-state index contributed by atoms with van der Waals surface area (Å²) in [5.41, 5.74) is 7.36. The van der Waals surface area contributed by atoms with Gasteiger partial charge in [0.1, 0.15) is 30.0 Å². The first-order valence-electron chi connectivity index (χ1n) is 6.55. The van der Waals surface area contributed by atoms with Gasteiger partial charge in [-0.2, -0.15) is 0 Å². The molecule has 1 atom stereocenters. The molecule has 0 fully saturated rings. The summed E-state index contributed by atoms with van der Waals surface area (Å²) < 4.78 is 11.6. The molecule has 3 N–H and O–H groups in total. The average molecular weight is 268 g/mol. The van der Waals surface area contributed by atoms with E-state index in [9.17, 15) is 0 Å². The van der Waals surface area contributed by atoms with Gasteiger partial charge in [-0.25, -0.2) is 0 Å². The van der Waals surface area contributed by atoms with Crippen LogP contribution in [-0.4, -0.2) is 18.5 Å². The van der Waals surface area contributed by atoms with Gasteiger partial charge in [0.2, 0.25) is 0 Å². The van der Waals surface area contributed by atoms with Crippen LogP contribution in [0.1, 0.15) is 11.1 Å². The Labute approximate surface area is 117 Å². The van der Waals surface area contributed by atoms with Crippen molar-refractivity contribution in [3.63, 3.8) is 0 Å². The summed E-state index contributed by atoms with van der Waals surface area (Å²) in [6, 6.07) is 15.3. The highest BCUT2D eigenvalue weighted by atomic mass is 16.5. The van der Waals surface area contributed by atoms with Crippen LogP contribution >= 0.6 is 0 Å². The van der Waals surface area contributed by atoms with E-state index in [2.05, 4.69) is 6.07 Å². The predicted molar refractivity (Wildman–Crippen MR) is 77.5 cm³/mol. The number of para-hydroxylation sites is 2. The van der Waals surface area contributed by atoms with E-state index >= 15 is 0 Å². The maximum Gasteiger partial charge on any atom is 0.137 e. The van der Waals surface area contributed by atoms with Gasteiger partial charge in [-0.1, -0.05) is 30.3 Å². The smallest absolute Gasteiger partial charge is 0.137 e. The molecule has 1 aliphatic heterocycles. The van der Waals surface area contributed by atoms with Gasteiger partial charge in [-0.05, 0) is 23.8 Å². The van der Waals surface area contributed by atoms with Crippen LogP contribution in [0.2, 0.25) is 0 Å². The zero-order valence-electron chi connectivity index (χ0n) is 11.0. The highest BCUT2D eigenvalue weighted by molar-refractivity contribution is 5.97. The second-order valence-electron chi connectivity index (χ2n) is 4.77. The minimum absolute atomic E-state index is 0.00687. The van der Waals surface area contributed by atoms with Crippen LogP contribution in [0.15, 0.2) is 48.5 Å². The largest absolute Gasteiger partial charge is 0.489 e. The highest BCUT2D eigenvalue weighted by Crippen LogP contribution is 2.28. The number of nitrogens with two attached hydrogens (primary N) is 1. The Morgan fingerprint density at radius 1 is 1.20 bits per heavy atom. The Balaban J connectivity index is 1.66. The van der Waals surface area contributed by atoms with E-state index in [0.29, 0.717) is 17.9 Å². The molecule has 20 heavy (non-hydrogen) atoms. The molecule has 0 spiro atoms. The van der Waals surface area contributed by atoms with E-state index in [1.165, 1.54) is 5.56 Å². The van der Waals surface area contributed by atoms with Crippen molar-refractivity contribution in [1.29, 1.82) is 5.41 Å². The van der Waals surface area contributed by atoms with Crippen LogP contribution in [0.4, 0.5) is 0 Å². The summed E-state index contributed by atoms with van der Waals surface area (Å²) in [4.78, 5) is 0. The molecule has 2 aromatic rings. The minimum atomic E-state index is 0.00687. The molecule has 0 aromatic heterocycles. The lowest BCUT2D eigenvalue weighted by Crippen LogP contribution is -2.23. The normalized spacial score (nSPS) is 16.3. The lowest BCUT2D eigenvalue weighted by Gasteiger charge is -2.14. The fourth-order valence-corrected chi connectivity index (χ4v) is 2.34. The number of ether oxygens (including phenoxy) is 2. The van der Waals surface area contributed by atoms with Crippen molar-refractivity contribution in [3.05, 3.63) is 59.7 Å². The maximum absolute atomic E-state index is 7.54. The molecule has 1 aliphatic rings. The molecule has 0 radical (unpaired) electrons. The van der Waals surface area contributed by atoms with Crippen molar-refractivity contribution in [1.82, 2.24) is 0 Å². The number of nitrogen functional groups attached to an aromatic ring is 1. The van der Waals surface area contributed by atoms with Crippen LogP contribution in [-0.2, 0) is 6.42 Å². The predicted octanol–water partition coefficient (Wildman–Crippen LogP) is 2.35. The first-order chi connectivity index (χ1) is 9.74. The number of hydrogen-bond acceptors (Lipinski definition) is 3. The zero-order chi connectivity index (χ0) is 13.9. The van der Waals surface area contributed by atoms with Crippen molar-refractivity contribution in [2.24, 2.45) is 5.73 Å². The van der Waals surface area contributed by atoms with E-state index in [1.807, 2.05) is 36.4 Å². The summed E-state index contributed by atoms with van der Waals surface area (Å²) in [5.74, 6) is 1.57. The molecule has 4 nitrogen and oxygen atoms in total. The summed E-state index contributed by atoms with van der Waals surface area (Å²) in [6.45, 7) is 0.443. The fraction of sp³-hybridized carbons (Fsp3) is 0.188. The first-order valence-corrected chi connectivity index (χ1v) is 6.55. The Hall–Kier alpha value is -2.49. The molecule has 4 heteroatoms. The summed E-state index contributed by atoms with van der Waals surface area (Å²) >= 11 is 0. The van der Waals surface area contributed by atoms with E-state index < -0.39 is 0 Å². The molecule has 0 amide bonds. The molecule has 1 heterocycles. The molecule has 3 rings (SSSR count). The van der Waals surface area contributed by atoms with Gasteiger partial charge in [-0.3, -0.25) is 5.41 Å². The van der Waals surface area contributed by atoms with Crippen LogP contribution in [0.25, 0.3) is 0 Å². The summed E-state index contributed by atoms with van der Waals surface area (Å²) in [6.07, 6.45) is 0.853. The van der Waals surface area contributed by atoms with Crippen LogP contribution < -0.4 is 15.2 Å². The number of benzene rings is 2. The Morgan fingerprint density at radius 3 is 2.75 bits per heavy atom. The lowest BCUT2D eigenvalue weighted by molar-refractivity contribution is 0.148. The molecule has 102 valence electrons. The number of fused-ring (bicyclic) bond motifs is 1. The van der Waals surface area contributed by atoms with Crippen molar-refractivity contribution < 1.29 is 9.47 Å². The summed E-state index contributed by atoms with van der Waals surface area (Å²) in [7, 11) is 0. The van der Waals surface area contributed by atoms with Gasteiger partial charge in [0, 0.05) is 6.42 Å². The van der Waals surface area contributed by atoms with Gasteiger partial charge in [0.25, 0.3) is 0 Å². The lowest BCUT2D eigenvalue weighted by atomic mass is 10.1. The maximum atomic E-state index is 7.54. The van der Waals surface area contributed by atoms with Crippen molar-refractivity contribution in [2.75, 3.05) is 6.61 Å². The van der Waals surface area contributed by atoms with Gasteiger partial charge >= 0.3 is 0 Å². The monoisotopic (exact) mass is 268 g/mol. The van der Waals surface area contributed by atoms with E-state index in [0.717, 1.165) is 12.2 Å². The first kappa shape index (κ1) is 12.5. The van der Waals surface area contributed by atoms with Gasteiger partial charge < -0.3 is 15.2 Å². The number of nitrogens with one attached hydrogen (secondary N) is 1. The third-order valence-corrected chi connectivity index (χ3v) is 3.32.